The second kappa shape index (κ2) is 2.30. The molecule has 1 aliphatic heterocycles. The van der Waals surface area contributed by atoms with Gasteiger partial charge in [-0.1, -0.05) is 6.58 Å². The summed E-state index contributed by atoms with van der Waals surface area (Å²) in [5.41, 5.74) is 1.01. The van der Waals surface area contributed by atoms with Crippen molar-refractivity contribution in [2.45, 2.75) is 31.3 Å². The zero-order valence-corrected chi connectivity index (χ0v) is 6.23. The Kier molecular flexibility index (Phi) is 1.52. The van der Waals surface area contributed by atoms with E-state index in [0.717, 1.165) is 18.4 Å². The van der Waals surface area contributed by atoms with Crippen LogP contribution in [-0.2, 0) is 4.74 Å². The molecule has 2 fully saturated rings. The molecule has 1 aliphatic carbocycles. The van der Waals surface area contributed by atoms with Gasteiger partial charge < -0.3 is 14.9 Å². The zero-order valence-electron chi connectivity index (χ0n) is 6.23. The first-order chi connectivity index (χ1) is 5.20. The Morgan fingerprint density at radius 1 is 1.45 bits per heavy atom. The van der Waals surface area contributed by atoms with Crippen LogP contribution in [0.2, 0.25) is 0 Å². The Morgan fingerprint density at radius 2 is 2.18 bits per heavy atom. The number of ether oxygens (including phenoxy) is 1. The molecule has 2 aliphatic rings. The molecule has 0 radical (unpaired) electrons. The molecule has 11 heavy (non-hydrogen) atoms. The summed E-state index contributed by atoms with van der Waals surface area (Å²) in [4.78, 5) is 0. The van der Waals surface area contributed by atoms with Crippen LogP contribution in [-0.4, -0.2) is 28.7 Å². The summed E-state index contributed by atoms with van der Waals surface area (Å²) < 4.78 is 5.12. The van der Waals surface area contributed by atoms with E-state index in [2.05, 4.69) is 6.58 Å². The monoisotopic (exact) mass is 156 g/mol. The third kappa shape index (κ3) is 0.922. The van der Waals surface area contributed by atoms with Crippen molar-refractivity contribution in [1.82, 2.24) is 0 Å². The minimum absolute atomic E-state index is 0.0810. The molecule has 0 aromatic heterocycles. The molecule has 1 heterocycles. The van der Waals surface area contributed by atoms with Gasteiger partial charge in [-0.2, -0.15) is 0 Å². The van der Waals surface area contributed by atoms with E-state index in [-0.39, 0.29) is 12.0 Å². The van der Waals surface area contributed by atoms with E-state index in [4.69, 9.17) is 9.84 Å². The number of aliphatic hydroxyl groups excluding tert-OH is 2. The quantitative estimate of drug-likeness (QED) is 0.486. The average Bonchev–Trinajstić information content (AvgIpc) is 2.43. The van der Waals surface area contributed by atoms with Gasteiger partial charge in [-0.25, -0.2) is 0 Å². The van der Waals surface area contributed by atoms with E-state index in [1.54, 1.807) is 0 Å². The molecule has 0 amide bonds. The van der Waals surface area contributed by atoms with Crippen LogP contribution in [0.4, 0.5) is 0 Å². The van der Waals surface area contributed by atoms with E-state index < -0.39 is 12.4 Å². The maximum atomic E-state index is 9.37. The third-order valence-electron chi connectivity index (χ3n) is 2.61. The molecule has 2 N–H and O–H groups in total. The van der Waals surface area contributed by atoms with Gasteiger partial charge in [0.05, 0.1) is 6.10 Å². The normalized spacial score (nSPS) is 49.8. The van der Waals surface area contributed by atoms with Gasteiger partial charge in [0, 0.05) is 5.92 Å². The van der Waals surface area contributed by atoms with E-state index in [0.29, 0.717) is 0 Å². The predicted octanol–water partition coefficient (Wildman–Crippen LogP) is 0.0307. The molecule has 2 unspecified atom stereocenters. The highest BCUT2D eigenvalue weighted by Gasteiger charge is 2.46. The first-order valence-electron chi connectivity index (χ1n) is 3.89. The first kappa shape index (κ1) is 7.28. The van der Waals surface area contributed by atoms with Gasteiger partial charge >= 0.3 is 0 Å². The zero-order chi connectivity index (χ0) is 8.01. The fourth-order valence-electron chi connectivity index (χ4n) is 1.94. The van der Waals surface area contributed by atoms with Crippen LogP contribution in [0.1, 0.15) is 12.8 Å². The van der Waals surface area contributed by atoms with Crippen molar-refractivity contribution in [3.8, 4) is 0 Å². The van der Waals surface area contributed by atoms with Crippen LogP contribution in [0.25, 0.3) is 0 Å². The molecule has 1 saturated heterocycles. The van der Waals surface area contributed by atoms with Crippen molar-refractivity contribution >= 4 is 0 Å². The van der Waals surface area contributed by atoms with E-state index >= 15 is 0 Å². The van der Waals surface area contributed by atoms with Crippen molar-refractivity contribution in [3.05, 3.63) is 12.2 Å². The Hall–Kier alpha value is -0.380. The minimum atomic E-state index is -0.998. The summed E-state index contributed by atoms with van der Waals surface area (Å²) in [5.74, 6) is 0.0810. The predicted molar refractivity (Wildman–Crippen MR) is 38.8 cm³/mol. The summed E-state index contributed by atoms with van der Waals surface area (Å²) in [6, 6.07) is 0. The Morgan fingerprint density at radius 3 is 2.82 bits per heavy atom. The molecular weight excluding hydrogens is 144 g/mol. The molecule has 3 heteroatoms. The Bertz CT molecular complexity index is 190. The van der Waals surface area contributed by atoms with Crippen molar-refractivity contribution < 1.29 is 14.9 Å². The third-order valence-corrected chi connectivity index (χ3v) is 2.61. The lowest BCUT2D eigenvalue weighted by atomic mass is 10.0. The highest BCUT2D eigenvalue weighted by Crippen LogP contribution is 2.40. The number of hydrogen-bond acceptors (Lipinski definition) is 3. The maximum absolute atomic E-state index is 9.37. The summed E-state index contributed by atoms with van der Waals surface area (Å²) in [5, 5.41) is 18.5. The second-order valence-corrected chi connectivity index (χ2v) is 3.30. The van der Waals surface area contributed by atoms with Crippen molar-refractivity contribution in [2.24, 2.45) is 5.92 Å². The van der Waals surface area contributed by atoms with Crippen LogP contribution in [0, 0.1) is 5.92 Å². The number of hydrogen-bond donors (Lipinski definition) is 2. The van der Waals surface area contributed by atoms with Crippen LogP contribution in [0.15, 0.2) is 12.2 Å². The van der Waals surface area contributed by atoms with Gasteiger partial charge in [-0.3, -0.25) is 0 Å². The van der Waals surface area contributed by atoms with Crippen LogP contribution >= 0.6 is 0 Å². The van der Waals surface area contributed by atoms with Gasteiger partial charge in [-0.15, -0.1) is 0 Å². The van der Waals surface area contributed by atoms with Crippen molar-refractivity contribution in [2.75, 3.05) is 0 Å². The summed E-state index contributed by atoms with van der Waals surface area (Å²) >= 11 is 0. The first-order valence-corrected chi connectivity index (χ1v) is 3.89. The molecular formula is C8H12O3. The van der Waals surface area contributed by atoms with Crippen LogP contribution < -0.4 is 0 Å². The topological polar surface area (TPSA) is 49.7 Å². The van der Waals surface area contributed by atoms with Gasteiger partial charge in [-0.05, 0) is 18.4 Å². The van der Waals surface area contributed by atoms with Gasteiger partial charge in [0.15, 0.2) is 6.29 Å². The molecule has 62 valence electrons. The lowest BCUT2D eigenvalue weighted by molar-refractivity contribution is -0.122. The van der Waals surface area contributed by atoms with Crippen LogP contribution in [0.3, 0.4) is 0 Å². The van der Waals surface area contributed by atoms with Crippen LogP contribution in [0.5, 0.6) is 0 Å². The fourth-order valence-corrected chi connectivity index (χ4v) is 1.94. The van der Waals surface area contributed by atoms with Gasteiger partial charge in [0.1, 0.15) is 6.10 Å². The lowest BCUT2D eigenvalue weighted by Gasteiger charge is -2.09. The highest BCUT2D eigenvalue weighted by molar-refractivity contribution is 5.15. The fraction of sp³-hybridized carbons (Fsp3) is 0.750. The summed E-state index contributed by atoms with van der Waals surface area (Å²) in [6.45, 7) is 3.82. The van der Waals surface area contributed by atoms with E-state index in [1.165, 1.54) is 0 Å². The molecule has 1 saturated carbocycles. The summed E-state index contributed by atoms with van der Waals surface area (Å²) in [6.07, 6.45) is 0.00204. The molecule has 4 atom stereocenters. The number of fused-ring (bicyclic) bond motifs is 1. The van der Waals surface area contributed by atoms with Crippen molar-refractivity contribution in [1.29, 1.82) is 0 Å². The van der Waals surface area contributed by atoms with Gasteiger partial charge in [0.25, 0.3) is 0 Å². The minimum Gasteiger partial charge on any atom is -0.387 e. The molecule has 0 spiro atoms. The molecule has 0 aromatic rings. The maximum Gasteiger partial charge on any atom is 0.181 e. The average molecular weight is 156 g/mol. The molecule has 3 nitrogen and oxygen atoms in total. The van der Waals surface area contributed by atoms with Crippen molar-refractivity contribution in [3.63, 3.8) is 0 Å². The Balaban J connectivity index is 2.18. The van der Waals surface area contributed by atoms with Gasteiger partial charge in [0.2, 0.25) is 0 Å². The Labute approximate surface area is 65.3 Å². The smallest absolute Gasteiger partial charge is 0.181 e. The summed E-state index contributed by atoms with van der Waals surface area (Å²) in [7, 11) is 0. The molecule has 2 rings (SSSR count). The number of aliphatic hydroxyl groups is 2. The molecule has 0 bridgehead atoms. The lowest BCUT2D eigenvalue weighted by Crippen LogP contribution is -2.25. The highest BCUT2D eigenvalue weighted by atomic mass is 16.6. The number of rotatable bonds is 0. The molecule has 0 aromatic carbocycles. The SMILES string of the molecule is C=C1CCC2[C@@H](O)C(O)O[C@H]12. The largest absolute Gasteiger partial charge is 0.387 e. The standard InChI is InChI=1S/C8H12O3/c1-4-2-3-5-6(9)8(10)11-7(4)5/h5-10H,1-3H2/t5?,6-,7-,8?/m1/s1. The van der Waals surface area contributed by atoms with E-state index in [1.807, 2.05) is 0 Å². The second-order valence-electron chi connectivity index (χ2n) is 3.30. The van der Waals surface area contributed by atoms with E-state index in [9.17, 15) is 5.11 Å².